The van der Waals surface area contributed by atoms with Gasteiger partial charge in [-0.15, -0.1) is 11.3 Å². The third-order valence-electron chi connectivity index (χ3n) is 2.65. The first-order chi connectivity index (χ1) is 7.59. The quantitative estimate of drug-likeness (QED) is 0.465. The van der Waals surface area contributed by atoms with Gasteiger partial charge >= 0.3 is 5.97 Å². The summed E-state index contributed by atoms with van der Waals surface area (Å²) in [4.78, 5) is 23.3. The van der Waals surface area contributed by atoms with Crippen LogP contribution in [0.2, 0.25) is 0 Å². The van der Waals surface area contributed by atoms with Crippen LogP contribution in [0.1, 0.15) is 28.6 Å². The fourth-order valence-electron chi connectivity index (χ4n) is 1.79. The van der Waals surface area contributed by atoms with E-state index in [1.54, 1.807) is 13.0 Å². The van der Waals surface area contributed by atoms with Crippen molar-refractivity contribution >= 4 is 34.7 Å². The van der Waals surface area contributed by atoms with Crippen LogP contribution in [-0.4, -0.2) is 23.2 Å². The number of thiophene rings is 1. The number of alkyl halides is 1. The smallest absolute Gasteiger partial charge is 0.335 e. The molecule has 0 N–H and O–H groups in total. The predicted molar refractivity (Wildman–Crippen MR) is 62.2 cm³/mol. The lowest BCUT2D eigenvalue weighted by atomic mass is 9.86. The second-order valence-electron chi connectivity index (χ2n) is 3.61. The normalized spacial score (nSPS) is 24.0. The Hall–Kier alpha value is -0.870. The number of hydrogen-bond donors (Lipinski definition) is 0. The van der Waals surface area contributed by atoms with Crippen LogP contribution in [0.5, 0.6) is 0 Å². The standard InChI is InChI=1S/C11H11ClO3S/c1-2-15-10(14)11(12)5-3-8-7(9(11)13)4-6-16-8/h4,6H,2-3,5H2,1H3. The van der Waals surface area contributed by atoms with Crippen molar-refractivity contribution < 1.29 is 14.3 Å². The van der Waals surface area contributed by atoms with Gasteiger partial charge in [0.15, 0.2) is 5.78 Å². The molecule has 16 heavy (non-hydrogen) atoms. The Morgan fingerprint density at radius 1 is 1.69 bits per heavy atom. The summed E-state index contributed by atoms with van der Waals surface area (Å²) in [6, 6.07) is 1.72. The number of esters is 1. The van der Waals surface area contributed by atoms with Crippen LogP contribution in [0, 0.1) is 0 Å². The predicted octanol–water partition coefficient (Wildman–Crippen LogP) is 2.42. The molecule has 1 aromatic rings. The minimum atomic E-state index is -1.51. The number of fused-ring (bicyclic) bond motifs is 1. The molecular weight excluding hydrogens is 248 g/mol. The molecule has 3 nitrogen and oxygen atoms in total. The first kappa shape index (κ1) is 11.6. The minimum Gasteiger partial charge on any atom is -0.464 e. The van der Waals surface area contributed by atoms with Gasteiger partial charge in [0.05, 0.1) is 6.61 Å². The average Bonchev–Trinajstić information content (AvgIpc) is 2.72. The molecule has 1 aliphatic carbocycles. The van der Waals surface area contributed by atoms with E-state index in [-0.39, 0.29) is 12.4 Å². The molecule has 1 unspecified atom stereocenters. The number of halogens is 1. The van der Waals surface area contributed by atoms with Gasteiger partial charge in [0.2, 0.25) is 4.87 Å². The number of hydrogen-bond acceptors (Lipinski definition) is 4. The molecular formula is C11H11ClO3S. The summed E-state index contributed by atoms with van der Waals surface area (Å²) in [5.41, 5.74) is 0.569. The topological polar surface area (TPSA) is 43.4 Å². The molecule has 0 amide bonds. The van der Waals surface area contributed by atoms with Crippen molar-refractivity contribution in [2.75, 3.05) is 6.61 Å². The molecule has 0 aromatic carbocycles. The number of carbonyl (C=O) groups excluding carboxylic acids is 2. The Labute approximate surface area is 102 Å². The summed E-state index contributed by atoms with van der Waals surface area (Å²) in [6.45, 7) is 1.93. The lowest BCUT2D eigenvalue weighted by Crippen LogP contribution is -2.45. The maximum absolute atomic E-state index is 12.1. The highest BCUT2D eigenvalue weighted by Gasteiger charge is 2.49. The van der Waals surface area contributed by atoms with Gasteiger partial charge < -0.3 is 4.74 Å². The highest BCUT2D eigenvalue weighted by atomic mass is 35.5. The molecule has 0 aliphatic heterocycles. The SMILES string of the molecule is CCOC(=O)C1(Cl)CCc2sccc2C1=O. The van der Waals surface area contributed by atoms with E-state index in [1.165, 1.54) is 11.3 Å². The molecule has 1 aliphatic rings. The van der Waals surface area contributed by atoms with Gasteiger partial charge in [-0.05, 0) is 31.2 Å². The van der Waals surface area contributed by atoms with Crippen LogP contribution in [0.15, 0.2) is 11.4 Å². The number of Topliss-reactive ketones (excluding diaryl/α,β-unsaturated/α-hetero) is 1. The van der Waals surface area contributed by atoms with Crippen molar-refractivity contribution in [2.45, 2.75) is 24.6 Å². The van der Waals surface area contributed by atoms with Crippen molar-refractivity contribution in [3.63, 3.8) is 0 Å². The Balaban J connectivity index is 2.33. The van der Waals surface area contributed by atoms with E-state index in [0.29, 0.717) is 18.4 Å². The van der Waals surface area contributed by atoms with Gasteiger partial charge in [-0.1, -0.05) is 11.6 Å². The largest absolute Gasteiger partial charge is 0.464 e. The molecule has 1 heterocycles. The summed E-state index contributed by atoms with van der Waals surface area (Å²) in [6.07, 6.45) is 0.973. The molecule has 1 aromatic heterocycles. The van der Waals surface area contributed by atoms with Gasteiger partial charge in [0.1, 0.15) is 0 Å². The van der Waals surface area contributed by atoms with Crippen molar-refractivity contribution in [1.29, 1.82) is 0 Å². The van der Waals surface area contributed by atoms with Gasteiger partial charge in [-0.3, -0.25) is 4.79 Å². The summed E-state index contributed by atoms with van der Waals surface area (Å²) in [7, 11) is 0. The van der Waals surface area contributed by atoms with Crippen molar-refractivity contribution in [3.05, 3.63) is 21.9 Å². The van der Waals surface area contributed by atoms with Crippen LogP contribution >= 0.6 is 22.9 Å². The number of ether oxygens (including phenoxy) is 1. The fraction of sp³-hybridized carbons (Fsp3) is 0.455. The first-order valence-electron chi connectivity index (χ1n) is 5.07. The van der Waals surface area contributed by atoms with E-state index in [2.05, 4.69) is 0 Å². The molecule has 0 radical (unpaired) electrons. The number of rotatable bonds is 2. The molecule has 0 spiro atoms. The van der Waals surface area contributed by atoms with E-state index >= 15 is 0 Å². The van der Waals surface area contributed by atoms with E-state index in [4.69, 9.17) is 16.3 Å². The van der Waals surface area contributed by atoms with Crippen LogP contribution < -0.4 is 0 Å². The zero-order valence-corrected chi connectivity index (χ0v) is 10.4. The second kappa shape index (κ2) is 4.18. The number of ketones is 1. The molecule has 2 rings (SSSR count). The fourth-order valence-corrected chi connectivity index (χ4v) is 2.92. The summed E-state index contributed by atoms with van der Waals surface area (Å²) < 4.78 is 4.86. The van der Waals surface area contributed by atoms with E-state index < -0.39 is 10.8 Å². The Morgan fingerprint density at radius 3 is 3.12 bits per heavy atom. The number of carbonyl (C=O) groups is 2. The average molecular weight is 259 g/mol. The van der Waals surface area contributed by atoms with E-state index in [1.807, 2.05) is 5.38 Å². The zero-order chi connectivity index (χ0) is 11.8. The molecule has 0 fully saturated rings. The third-order valence-corrected chi connectivity index (χ3v) is 4.14. The van der Waals surface area contributed by atoms with Gasteiger partial charge in [-0.25, -0.2) is 4.79 Å². The maximum atomic E-state index is 12.1. The molecule has 0 bridgehead atoms. The second-order valence-corrected chi connectivity index (χ2v) is 5.25. The van der Waals surface area contributed by atoms with Crippen molar-refractivity contribution in [3.8, 4) is 0 Å². The van der Waals surface area contributed by atoms with E-state index in [0.717, 1.165) is 4.88 Å². The molecule has 1 atom stereocenters. The first-order valence-corrected chi connectivity index (χ1v) is 6.32. The minimum absolute atomic E-state index is 0.233. The monoisotopic (exact) mass is 258 g/mol. The van der Waals surface area contributed by atoms with Crippen molar-refractivity contribution in [2.24, 2.45) is 0 Å². The Kier molecular flexibility index (Phi) is 3.04. The van der Waals surface area contributed by atoms with Crippen LogP contribution in [-0.2, 0) is 16.0 Å². The Bertz CT molecular complexity index is 440. The summed E-state index contributed by atoms with van der Waals surface area (Å²) in [5, 5.41) is 1.84. The molecule has 5 heteroatoms. The Morgan fingerprint density at radius 2 is 2.44 bits per heavy atom. The van der Waals surface area contributed by atoms with Crippen LogP contribution in [0.25, 0.3) is 0 Å². The van der Waals surface area contributed by atoms with Crippen LogP contribution in [0.3, 0.4) is 0 Å². The van der Waals surface area contributed by atoms with Gasteiger partial charge in [0.25, 0.3) is 0 Å². The molecule has 86 valence electrons. The van der Waals surface area contributed by atoms with Crippen LogP contribution in [0.4, 0.5) is 0 Å². The van der Waals surface area contributed by atoms with Crippen molar-refractivity contribution in [1.82, 2.24) is 0 Å². The number of aryl methyl sites for hydroxylation is 1. The lowest BCUT2D eigenvalue weighted by Gasteiger charge is -2.27. The van der Waals surface area contributed by atoms with Gasteiger partial charge in [0, 0.05) is 10.4 Å². The summed E-state index contributed by atoms with van der Waals surface area (Å²) >= 11 is 7.64. The highest BCUT2D eigenvalue weighted by Crippen LogP contribution is 2.37. The third kappa shape index (κ3) is 1.66. The molecule has 0 saturated carbocycles. The van der Waals surface area contributed by atoms with E-state index in [9.17, 15) is 9.59 Å². The zero-order valence-electron chi connectivity index (χ0n) is 8.79. The lowest BCUT2D eigenvalue weighted by molar-refractivity contribution is -0.145. The highest BCUT2D eigenvalue weighted by molar-refractivity contribution is 7.10. The summed E-state index contributed by atoms with van der Waals surface area (Å²) in [5.74, 6) is -0.950. The van der Waals surface area contributed by atoms with Gasteiger partial charge in [-0.2, -0.15) is 0 Å². The maximum Gasteiger partial charge on any atom is 0.335 e. The molecule has 0 saturated heterocycles.